The average molecular weight is 1190 g/mol. The minimum absolute atomic E-state index is 0.00522. The monoisotopic (exact) mass is 1180 g/mol. The van der Waals surface area contributed by atoms with E-state index in [0.717, 1.165) is 139 Å². The molecule has 0 saturated heterocycles. The molecule has 4 atom stereocenters. The summed E-state index contributed by atoms with van der Waals surface area (Å²) in [5, 5.41) is 0. The molecule has 12 aromatic carbocycles. The molecule has 0 amide bonds. The van der Waals surface area contributed by atoms with Crippen molar-refractivity contribution in [1.82, 2.24) is 0 Å². The van der Waals surface area contributed by atoms with Crippen LogP contribution in [0.25, 0.3) is 44.5 Å². The Hall–Kier alpha value is -11.5. The first-order valence-corrected chi connectivity index (χ1v) is 32.0. The summed E-state index contributed by atoms with van der Waals surface area (Å²) >= 11 is 0. The van der Waals surface area contributed by atoms with Gasteiger partial charge in [0.15, 0.2) is 0 Å². The summed E-state index contributed by atoms with van der Waals surface area (Å²) < 4.78 is 0. The summed E-state index contributed by atoms with van der Waals surface area (Å²) in [6.45, 7) is 2.97. The maximum absolute atomic E-state index is 5.46. The molecule has 0 spiro atoms. The Morgan fingerprint density at radius 1 is 0.174 bits per heavy atom. The summed E-state index contributed by atoms with van der Waals surface area (Å²) in [5.41, 5.74) is 22.8. The van der Waals surface area contributed by atoms with E-state index in [1.54, 1.807) is 0 Å². The van der Waals surface area contributed by atoms with Crippen LogP contribution < -0.4 is 19.6 Å². The molecular weight excluding hydrogens is 1120 g/mol. The van der Waals surface area contributed by atoms with Crippen LogP contribution in [0.3, 0.4) is 0 Å². The smallest absolute Gasteiger partial charge is 0.136 e. The standard InChI is InChI=1S/C84H64N8/c1-5-13-65(14-6-1)77-53-89-73-45-37-61(38-46-73)62-39-47-74(48-40-62)90-54-78(66-15-7-2-8-16-66)87-83(90)71-33-25-59(26-34-71)60-27-35-72(36-28-60)84-88-80(68-19-11-4-12-20-68)56-92(84)76-51-43-64(44-52-76)63-41-49-75(50-42-63)91-55-79(67-17-9-3-10-18-67)86-82(91)70-31-23-58(24-32-70)57-21-29-69(30-22-57)81(89)85-77/h1-52,77-80H,53-56H2/t77-,78-,79-,80-/m0/s1. The molecule has 0 aromatic heterocycles. The van der Waals surface area contributed by atoms with Gasteiger partial charge in [-0.05, 0) is 115 Å². The second-order valence-corrected chi connectivity index (χ2v) is 24.5. The highest BCUT2D eigenvalue weighted by molar-refractivity contribution is 6.14. The molecule has 12 aromatic rings. The lowest BCUT2D eigenvalue weighted by atomic mass is 10.0. The highest BCUT2D eigenvalue weighted by atomic mass is 15.3. The second kappa shape index (κ2) is 23.5. The highest BCUT2D eigenvalue weighted by Crippen LogP contribution is 2.40. The molecule has 0 fully saturated rings. The molecule has 17 aliphatic heterocycles. The van der Waals surface area contributed by atoms with Gasteiger partial charge < -0.3 is 19.6 Å². The van der Waals surface area contributed by atoms with Crippen molar-refractivity contribution in [2.75, 3.05) is 45.8 Å². The molecule has 8 nitrogen and oxygen atoms in total. The average Bonchev–Trinajstić information content (AvgIpc) is 1.87. The number of aliphatic imine (C=N–C) groups is 4. The van der Waals surface area contributed by atoms with Crippen molar-refractivity contribution in [3.8, 4) is 44.5 Å². The molecule has 92 heavy (non-hydrogen) atoms. The van der Waals surface area contributed by atoms with Crippen LogP contribution in [-0.4, -0.2) is 49.5 Å². The second-order valence-electron chi connectivity index (χ2n) is 24.5. The molecular formula is C84H64N8. The largest absolute Gasteiger partial charge is 0.324 e. The van der Waals surface area contributed by atoms with E-state index in [1.807, 2.05) is 0 Å². The molecule has 0 N–H and O–H groups in total. The number of amidine groups is 4. The van der Waals surface area contributed by atoms with Gasteiger partial charge in [-0.15, -0.1) is 0 Å². The Morgan fingerprint density at radius 3 is 0.500 bits per heavy atom. The lowest BCUT2D eigenvalue weighted by Crippen LogP contribution is -2.28. The van der Waals surface area contributed by atoms with Crippen molar-refractivity contribution in [1.29, 1.82) is 0 Å². The van der Waals surface area contributed by atoms with Gasteiger partial charge in [-0.3, -0.25) is 20.0 Å². The molecule has 17 heterocycles. The lowest BCUT2D eigenvalue weighted by molar-refractivity contribution is 0.780. The maximum atomic E-state index is 5.46. The van der Waals surface area contributed by atoms with Gasteiger partial charge in [0, 0.05) is 45.0 Å². The molecule has 0 saturated carbocycles. The quantitative estimate of drug-likeness (QED) is 0.176. The van der Waals surface area contributed by atoms with Gasteiger partial charge in [0.05, 0.1) is 50.3 Å². The number of nitrogens with zero attached hydrogens (tertiary/aromatic N) is 8. The van der Waals surface area contributed by atoms with Crippen LogP contribution in [0.1, 0.15) is 68.7 Å². The first-order chi connectivity index (χ1) is 45.5. The number of anilines is 4. The molecule has 29 rings (SSSR count). The van der Waals surface area contributed by atoms with Crippen molar-refractivity contribution >= 4 is 46.1 Å². The Kier molecular flexibility index (Phi) is 13.9. The Bertz CT molecular complexity index is 4130. The van der Waals surface area contributed by atoms with Crippen molar-refractivity contribution in [2.24, 2.45) is 20.0 Å². The lowest BCUT2D eigenvalue weighted by Gasteiger charge is -2.23. The van der Waals surface area contributed by atoms with Gasteiger partial charge in [-0.2, -0.15) is 0 Å². The van der Waals surface area contributed by atoms with Crippen molar-refractivity contribution < 1.29 is 0 Å². The van der Waals surface area contributed by atoms with E-state index in [-0.39, 0.29) is 24.2 Å². The first kappa shape index (κ1) is 54.7. The van der Waals surface area contributed by atoms with Gasteiger partial charge in [0.25, 0.3) is 0 Å². The van der Waals surface area contributed by atoms with Crippen LogP contribution in [0.5, 0.6) is 0 Å². The minimum Gasteiger partial charge on any atom is -0.324 e. The fraction of sp³-hybridized carbons (Fsp3) is 0.0952. The van der Waals surface area contributed by atoms with E-state index in [4.69, 9.17) is 20.0 Å². The third-order valence-electron chi connectivity index (χ3n) is 18.9. The molecule has 440 valence electrons. The fourth-order valence-corrected chi connectivity index (χ4v) is 13.9. The molecule has 17 aliphatic rings. The SMILES string of the molecule is c1ccc([C@@H]2CN3C(=N2)c2ccc(cc2)-c2ccc(cc2)C2=N[C@H](c4ccccc4)CN2c2ccc(cc2)-c2ccc(cc2)N2C[C@@H](c4ccccc4)N=C2c2ccc(cc2)-c2ccc(cc2)C2=N[C@H](c4ccccc4)CN2c2ccc(cc2)-c2ccc3cc2)cc1. The maximum Gasteiger partial charge on any atom is 0.136 e. The van der Waals surface area contributed by atoms with E-state index in [1.165, 1.54) is 22.3 Å². The normalized spacial score (nSPS) is 18.0. The summed E-state index contributed by atoms with van der Waals surface area (Å²) in [6, 6.07) is 114. The summed E-state index contributed by atoms with van der Waals surface area (Å²) in [4.78, 5) is 31.4. The third kappa shape index (κ3) is 10.4. The van der Waals surface area contributed by atoms with Crippen molar-refractivity contribution in [2.45, 2.75) is 24.2 Å². The van der Waals surface area contributed by atoms with Crippen LogP contribution in [0.15, 0.2) is 335 Å². The zero-order valence-corrected chi connectivity index (χ0v) is 50.7. The van der Waals surface area contributed by atoms with E-state index in [9.17, 15) is 0 Å². The van der Waals surface area contributed by atoms with Gasteiger partial charge in [0.1, 0.15) is 23.3 Å². The third-order valence-corrected chi connectivity index (χ3v) is 18.9. The topological polar surface area (TPSA) is 62.4 Å². The van der Waals surface area contributed by atoms with Crippen LogP contribution in [0.2, 0.25) is 0 Å². The van der Waals surface area contributed by atoms with Gasteiger partial charge >= 0.3 is 0 Å². The van der Waals surface area contributed by atoms with Gasteiger partial charge in [-0.25, -0.2) is 0 Å². The van der Waals surface area contributed by atoms with E-state index in [0.29, 0.717) is 0 Å². The van der Waals surface area contributed by atoms with Crippen LogP contribution >= 0.6 is 0 Å². The van der Waals surface area contributed by atoms with Crippen molar-refractivity contribution in [3.05, 3.63) is 360 Å². The zero-order valence-electron chi connectivity index (χ0n) is 50.7. The molecule has 0 unspecified atom stereocenters. The summed E-state index contributed by atoms with van der Waals surface area (Å²) in [7, 11) is 0. The predicted molar refractivity (Wildman–Crippen MR) is 380 cm³/mol. The molecule has 8 heteroatoms. The van der Waals surface area contributed by atoms with Gasteiger partial charge in [-0.1, -0.05) is 267 Å². The molecule has 16 bridgehead atoms. The van der Waals surface area contributed by atoms with Gasteiger partial charge in [0.2, 0.25) is 0 Å². The Morgan fingerprint density at radius 2 is 0.326 bits per heavy atom. The minimum atomic E-state index is -0.00522. The van der Waals surface area contributed by atoms with Crippen LogP contribution in [0, 0.1) is 0 Å². The predicted octanol–water partition coefficient (Wildman–Crippen LogP) is 18.7. The first-order valence-electron chi connectivity index (χ1n) is 32.0. The summed E-state index contributed by atoms with van der Waals surface area (Å²) in [5.74, 6) is 3.87. The fourth-order valence-electron chi connectivity index (χ4n) is 13.9. The van der Waals surface area contributed by atoms with Crippen LogP contribution in [-0.2, 0) is 0 Å². The van der Waals surface area contributed by atoms with Crippen molar-refractivity contribution in [3.63, 3.8) is 0 Å². The van der Waals surface area contributed by atoms with E-state index in [2.05, 4.69) is 335 Å². The molecule has 0 radical (unpaired) electrons. The number of benzene rings is 12. The Labute approximate surface area is 537 Å². The Balaban J connectivity index is 0.732. The zero-order chi connectivity index (χ0) is 60.9. The number of rotatable bonds is 4. The number of hydrogen-bond donors (Lipinski definition) is 0. The van der Waals surface area contributed by atoms with E-state index >= 15 is 0 Å². The number of hydrogen-bond acceptors (Lipinski definition) is 8. The van der Waals surface area contributed by atoms with Crippen LogP contribution in [0.4, 0.5) is 22.7 Å². The van der Waals surface area contributed by atoms with E-state index < -0.39 is 0 Å². The molecule has 0 aliphatic carbocycles. The highest BCUT2D eigenvalue weighted by Gasteiger charge is 2.33. The summed E-state index contributed by atoms with van der Waals surface area (Å²) in [6.07, 6.45) is 0.